The lowest BCUT2D eigenvalue weighted by atomic mass is 10.1. The maximum Gasteiger partial charge on any atom is 0.244 e. The third-order valence-electron chi connectivity index (χ3n) is 2.96. The van der Waals surface area contributed by atoms with E-state index in [9.17, 15) is 8.42 Å². The van der Waals surface area contributed by atoms with E-state index in [1.807, 2.05) is 0 Å². The Balaban J connectivity index is 3.07. The van der Waals surface area contributed by atoms with Crippen LogP contribution in [0.25, 0.3) is 0 Å². The van der Waals surface area contributed by atoms with Gasteiger partial charge in [-0.25, -0.2) is 13.1 Å². The van der Waals surface area contributed by atoms with E-state index in [0.717, 1.165) is 0 Å². The SMILES string of the molecule is COc1cc(N)ccc1S(=O)(=O)NC(C)C(C)CO. The zero-order valence-corrected chi connectivity index (χ0v) is 12.1. The smallest absolute Gasteiger partial charge is 0.244 e. The molecule has 0 saturated carbocycles. The van der Waals surface area contributed by atoms with Crippen LogP contribution in [0.15, 0.2) is 23.1 Å². The first-order valence-corrected chi connectivity index (χ1v) is 7.37. The van der Waals surface area contributed by atoms with E-state index in [1.165, 1.54) is 25.3 Å². The summed E-state index contributed by atoms with van der Waals surface area (Å²) in [5.74, 6) is 0.00547. The summed E-state index contributed by atoms with van der Waals surface area (Å²) in [6.07, 6.45) is 0. The molecule has 1 rings (SSSR count). The molecule has 0 aromatic heterocycles. The Bertz CT molecular complexity index is 531. The van der Waals surface area contributed by atoms with Crippen molar-refractivity contribution in [2.24, 2.45) is 5.92 Å². The molecular formula is C12H20N2O4S. The highest BCUT2D eigenvalue weighted by molar-refractivity contribution is 7.89. The summed E-state index contributed by atoms with van der Waals surface area (Å²) in [4.78, 5) is 0.0289. The third-order valence-corrected chi connectivity index (χ3v) is 4.56. The summed E-state index contributed by atoms with van der Waals surface area (Å²) in [5, 5.41) is 9.03. The number of nitrogens with two attached hydrogens (primary N) is 1. The molecular weight excluding hydrogens is 268 g/mol. The lowest BCUT2D eigenvalue weighted by Crippen LogP contribution is -2.38. The quantitative estimate of drug-likeness (QED) is 0.664. The molecule has 0 aliphatic carbocycles. The molecule has 0 radical (unpaired) electrons. The Hall–Kier alpha value is -1.31. The molecule has 1 aromatic carbocycles. The molecule has 4 N–H and O–H groups in total. The molecule has 0 amide bonds. The van der Waals surface area contributed by atoms with Crippen molar-refractivity contribution in [2.45, 2.75) is 24.8 Å². The van der Waals surface area contributed by atoms with E-state index in [-0.39, 0.29) is 23.2 Å². The molecule has 19 heavy (non-hydrogen) atoms. The van der Waals surface area contributed by atoms with Crippen molar-refractivity contribution in [1.29, 1.82) is 0 Å². The van der Waals surface area contributed by atoms with E-state index in [2.05, 4.69) is 4.72 Å². The van der Waals surface area contributed by atoms with Crippen molar-refractivity contribution in [3.05, 3.63) is 18.2 Å². The van der Waals surface area contributed by atoms with Gasteiger partial charge in [0.15, 0.2) is 0 Å². The van der Waals surface area contributed by atoms with E-state index >= 15 is 0 Å². The van der Waals surface area contributed by atoms with Crippen LogP contribution < -0.4 is 15.2 Å². The fraction of sp³-hybridized carbons (Fsp3) is 0.500. The highest BCUT2D eigenvalue weighted by atomic mass is 32.2. The zero-order chi connectivity index (χ0) is 14.6. The van der Waals surface area contributed by atoms with E-state index < -0.39 is 16.1 Å². The summed E-state index contributed by atoms with van der Waals surface area (Å²) in [6, 6.07) is 3.95. The first-order valence-electron chi connectivity index (χ1n) is 5.88. The van der Waals surface area contributed by atoms with Crippen LogP contribution in [0.3, 0.4) is 0 Å². The van der Waals surface area contributed by atoms with E-state index in [1.54, 1.807) is 13.8 Å². The predicted octanol–water partition coefficient (Wildman–Crippen LogP) is 0.573. The van der Waals surface area contributed by atoms with Gasteiger partial charge in [0.05, 0.1) is 7.11 Å². The monoisotopic (exact) mass is 288 g/mol. The number of methoxy groups -OCH3 is 1. The van der Waals surface area contributed by atoms with Crippen LogP contribution in [0.1, 0.15) is 13.8 Å². The molecule has 0 aliphatic heterocycles. The Kier molecular flexibility index (Phi) is 5.16. The van der Waals surface area contributed by atoms with Crippen LogP contribution in [0.4, 0.5) is 5.69 Å². The van der Waals surface area contributed by atoms with Crippen LogP contribution >= 0.6 is 0 Å². The van der Waals surface area contributed by atoms with Crippen LogP contribution in [0.5, 0.6) is 5.75 Å². The molecule has 7 heteroatoms. The van der Waals surface area contributed by atoms with Crippen LogP contribution in [-0.4, -0.2) is 33.3 Å². The summed E-state index contributed by atoms with van der Waals surface area (Å²) in [7, 11) is -2.33. The van der Waals surface area contributed by atoms with Crippen LogP contribution in [-0.2, 0) is 10.0 Å². The van der Waals surface area contributed by atoms with Gasteiger partial charge in [-0.3, -0.25) is 0 Å². The first-order chi connectivity index (χ1) is 8.81. The lowest BCUT2D eigenvalue weighted by Gasteiger charge is -2.20. The molecule has 2 unspecified atom stereocenters. The number of aliphatic hydroxyl groups excluding tert-OH is 1. The number of nitrogen functional groups attached to an aromatic ring is 1. The minimum atomic E-state index is -3.72. The summed E-state index contributed by atoms with van der Waals surface area (Å²) in [5.41, 5.74) is 6.01. The minimum absolute atomic E-state index is 0.0289. The largest absolute Gasteiger partial charge is 0.495 e. The Labute approximate surface area is 113 Å². The lowest BCUT2D eigenvalue weighted by molar-refractivity contribution is 0.216. The number of sulfonamides is 1. The van der Waals surface area contributed by atoms with Gasteiger partial charge in [-0.15, -0.1) is 0 Å². The van der Waals surface area contributed by atoms with Crippen LogP contribution in [0, 0.1) is 5.92 Å². The average Bonchev–Trinajstić information content (AvgIpc) is 2.36. The molecule has 0 aliphatic rings. The first kappa shape index (κ1) is 15.7. The van der Waals surface area contributed by atoms with Gasteiger partial charge in [-0.1, -0.05) is 6.92 Å². The molecule has 0 bridgehead atoms. The Morgan fingerprint density at radius 2 is 2.05 bits per heavy atom. The van der Waals surface area contributed by atoms with Gasteiger partial charge < -0.3 is 15.6 Å². The van der Waals surface area contributed by atoms with Gasteiger partial charge in [0, 0.05) is 24.4 Å². The number of nitrogens with one attached hydrogen (secondary N) is 1. The molecule has 0 saturated heterocycles. The van der Waals surface area contributed by atoms with Crippen LogP contribution in [0.2, 0.25) is 0 Å². The second-order valence-corrected chi connectivity index (χ2v) is 6.16. The normalized spacial score (nSPS) is 14.9. The van der Waals surface area contributed by atoms with Gasteiger partial charge in [0.25, 0.3) is 0 Å². The highest BCUT2D eigenvalue weighted by Crippen LogP contribution is 2.26. The van der Waals surface area contributed by atoms with E-state index in [4.69, 9.17) is 15.6 Å². The van der Waals surface area contributed by atoms with Gasteiger partial charge in [0.1, 0.15) is 10.6 Å². The number of anilines is 1. The highest BCUT2D eigenvalue weighted by Gasteiger charge is 2.24. The average molecular weight is 288 g/mol. The third kappa shape index (κ3) is 3.82. The molecule has 108 valence electrons. The second-order valence-electron chi connectivity index (χ2n) is 4.48. The molecule has 6 nitrogen and oxygen atoms in total. The van der Waals surface area contributed by atoms with Crippen molar-refractivity contribution in [3.8, 4) is 5.75 Å². The van der Waals surface area contributed by atoms with Gasteiger partial charge >= 0.3 is 0 Å². The van der Waals surface area contributed by atoms with Gasteiger partial charge in [0.2, 0.25) is 10.0 Å². The minimum Gasteiger partial charge on any atom is -0.495 e. The predicted molar refractivity (Wildman–Crippen MR) is 73.4 cm³/mol. The van der Waals surface area contributed by atoms with Crippen molar-refractivity contribution in [1.82, 2.24) is 4.72 Å². The Morgan fingerprint density at radius 3 is 2.58 bits per heavy atom. The maximum absolute atomic E-state index is 12.2. The molecule has 0 spiro atoms. The summed E-state index contributed by atoms with van der Waals surface area (Å²) >= 11 is 0. The summed E-state index contributed by atoms with van der Waals surface area (Å²) in [6.45, 7) is 3.36. The second kappa shape index (κ2) is 6.23. The number of benzene rings is 1. The Morgan fingerprint density at radius 1 is 1.42 bits per heavy atom. The topological polar surface area (TPSA) is 102 Å². The van der Waals surface area contributed by atoms with Crippen molar-refractivity contribution >= 4 is 15.7 Å². The van der Waals surface area contributed by atoms with Gasteiger partial charge in [-0.05, 0) is 25.0 Å². The number of hydrogen-bond donors (Lipinski definition) is 3. The standard InChI is InChI=1S/C12H20N2O4S/c1-8(7-15)9(2)14-19(16,17)12-5-4-10(13)6-11(12)18-3/h4-6,8-9,14-15H,7,13H2,1-3H3. The zero-order valence-electron chi connectivity index (χ0n) is 11.3. The maximum atomic E-state index is 12.2. The number of rotatable bonds is 6. The number of hydrogen-bond acceptors (Lipinski definition) is 5. The van der Waals surface area contributed by atoms with Gasteiger partial charge in [-0.2, -0.15) is 0 Å². The summed E-state index contributed by atoms with van der Waals surface area (Å²) < 4.78 is 32.0. The van der Waals surface area contributed by atoms with Crippen molar-refractivity contribution < 1.29 is 18.3 Å². The number of ether oxygens (including phenoxy) is 1. The van der Waals surface area contributed by atoms with Crippen molar-refractivity contribution in [3.63, 3.8) is 0 Å². The van der Waals surface area contributed by atoms with Crippen molar-refractivity contribution in [2.75, 3.05) is 19.5 Å². The molecule has 2 atom stereocenters. The number of aliphatic hydroxyl groups is 1. The van der Waals surface area contributed by atoms with E-state index in [0.29, 0.717) is 5.69 Å². The molecule has 1 aromatic rings. The molecule has 0 heterocycles. The fourth-order valence-electron chi connectivity index (χ4n) is 1.49. The fourth-order valence-corrected chi connectivity index (χ4v) is 2.99. The molecule has 0 fully saturated rings.